The Morgan fingerprint density at radius 2 is 1.80 bits per heavy atom. The number of amides is 1. The van der Waals surface area contributed by atoms with Gasteiger partial charge in [0.05, 0.1) is 15.7 Å². The van der Waals surface area contributed by atoms with E-state index in [-0.39, 0.29) is 5.91 Å². The van der Waals surface area contributed by atoms with Crippen molar-refractivity contribution in [2.45, 2.75) is 6.10 Å². The largest absolute Gasteiger partial charge is 0.367 e. The van der Waals surface area contributed by atoms with Crippen molar-refractivity contribution in [1.82, 2.24) is 0 Å². The van der Waals surface area contributed by atoms with Crippen LogP contribution in [0.1, 0.15) is 11.7 Å². The Hall–Kier alpha value is -1.55. The summed E-state index contributed by atoms with van der Waals surface area (Å²) in [4.78, 5) is 12.3. The van der Waals surface area contributed by atoms with Gasteiger partial charge in [0.15, 0.2) is 6.10 Å². The van der Waals surface area contributed by atoms with Crippen molar-refractivity contribution in [3.8, 4) is 0 Å². The van der Waals surface area contributed by atoms with Gasteiger partial charge in [-0.2, -0.15) is 0 Å². The number of anilines is 1. The van der Waals surface area contributed by atoms with Gasteiger partial charge in [0.25, 0.3) is 5.91 Å². The lowest BCUT2D eigenvalue weighted by Gasteiger charge is -2.16. The van der Waals surface area contributed by atoms with Crippen LogP contribution >= 0.6 is 23.2 Å². The van der Waals surface area contributed by atoms with Crippen LogP contribution in [0.4, 0.5) is 5.69 Å². The summed E-state index contributed by atoms with van der Waals surface area (Å²) >= 11 is 12.0. The molecule has 5 heteroatoms. The first-order valence-electron chi connectivity index (χ1n) is 5.96. The van der Waals surface area contributed by atoms with Crippen LogP contribution < -0.4 is 5.32 Å². The van der Waals surface area contributed by atoms with Gasteiger partial charge in [-0.05, 0) is 17.7 Å². The molecule has 1 atom stereocenters. The average molecular weight is 310 g/mol. The molecule has 0 radical (unpaired) electrons. The van der Waals surface area contributed by atoms with Crippen LogP contribution in [0, 0.1) is 0 Å². The maximum absolute atomic E-state index is 12.3. The molecule has 0 aliphatic rings. The van der Waals surface area contributed by atoms with Crippen LogP contribution in [0.15, 0.2) is 48.5 Å². The van der Waals surface area contributed by atoms with Gasteiger partial charge in [-0.1, -0.05) is 59.6 Å². The van der Waals surface area contributed by atoms with Gasteiger partial charge in [-0.3, -0.25) is 4.79 Å². The van der Waals surface area contributed by atoms with Crippen molar-refractivity contribution < 1.29 is 9.53 Å². The standard InChI is InChI=1S/C15H13Cl2NO2/c1-20-14(10-6-3-2-4-7-10)15(19)18-12-9-5-8-11(16)13(12)17/h2-9,14H,1H3,(H,18,19)/t14-/m0/s1. The molecule has 3 nitrogen and oxygen atoms in total. The molecule has 104 valence electrons. The van der Waals surface area contributed by atoms with Crippen molar-refractivity contribution in [2.75, 3.05) is 12.4 Å². The van der Waals surface area contributed by atoms with Gasteiger partial charge in [0, 0.05) is 7.11 Å². The molecule has 0 unspecified atom stereocenters. The van der Waals surface area contributed by atoms with E-state index in [4.69, 9.17) is 27.9 Å². The number of carbonyl (C=O) groups excluding carboxylic acids is 1. The maximum Gasteiger partial charge on any atom is 0.258 e. The fourth-order valence-corrected chi connectivity index (χ4v) is 2.17. The average Bonchev–Trinajstić information content (AvgIpc) is 2.46. The van der Waals surface area contributed by atoms with Crippen molar-refractivity contribution >= 4 is 34.8 Å². The summed E-state index contributed by atoms with van der Waals surface area (Å²) in [5, 5.41) is 3.42. The monoisotopic (exact) mass is 309 g/mol. The minimum Gasteiger partial charge on any atom is -0.367 e. The summed E-state index contributed by atoms with van der Waals surface area (Å²) in [7, 11) is 1.48. The van der Waals surface area contributed by atoms with Crippen molar-refractivity contribution in [2.24, 2.45) is 0 Å². The fraction of sp³-hybridized carbons (Fsp3) is 0.133. The molecule has 20 heavy (non-hydrogen) atoms. The molecule has 2 rings (SSSR count). The zero-order chi connectivity index (χ0) is 14.5. The van der Waals surface area contributed by atoms with Gasteiger partial charge in [-0.25, -0.2) is 0 Å². The zero-order valence-electron chi connectivity index (χ0n) is 10.8. The van der Waals surface area contributed by atoms with Crippen LogP contribution in [0.25, 0.3) is 0 Å². The second-order valence-corrected chi connectivity index (χ2v) is 4.90. The zero-order valence-corrected chi connectivity index (χ0v) is 12.3. The predicted molar refractivity (Wildman–Crippen MR) is 81.3 cm³/mol. The van der Waals surface area contributed by atoms with Crippen LogP contribution in [-0.2, 0) is 9.53 Å². The van der Waals surface area contributed by atoms with E-state index in [0.717, 1.165) is 5.56 Å². The first-order valence-corrected chi connectivity index (χ1v) is 6.71. The van der Waals surface area contributed by atoms with Crippen molar-refractivity contribution in [3.63, 3.8) is 0 Å². The molecule has 1 N–H and O–H groups in total. The molecule has 0 saturated carbocycles. The second kappa shape index (κ2) is 6.75. The van der Waals surface area contributed by atoms with E-state index < -0.39 is 6.10 Å². The van der Waals surface area contributed by atoms with E-state index in [1.54, 1.807) is 18.2 Å². The van der Waals surface area contributed by atoms with E-state index in [9.17, 15) is 4.79 Å². The van der Waals surface area contributed by atoms with Crippen LogP contribution in [0.3, 0.4) is 0 Å². The Kier molecular flexibility index (Phi) is 5.01. The molecule has 0 heterocycles. The van der Waals surface area contributed by atoms with Gasteiger partial charge < -0.3 is 10.1 Å². The highest BCUT2D eigenvalue weighted by molar-refractivity contribution is 6.44. The first-order chi connectivity index (χ1) is 9.63. The summed E-state index contributed by atoms with van der Waals surface area (Å²) in [6.45, 7) is 0. The number of benzene rings is 2. The Bertz CT molecular complexity index is 602. The normalized spacial score (nSPS) is 11.9. The lowest BCUT2D eigenvalue weighted by Crippen LogP contribution is -2.22. The summed E-state index contributed by atoms with van der Waals surface area (Å²) in [6, 6.07) is 14.3. The summed E-state index contributed by atoms with van der Waals surface area (Å²) in [6.07, 6.45) is -0.703. The quantitative estimate of drug-likeness (QED) is 0.913. The smallest absolute Gasteiger partial charge is 0.258 e. The lowest BCUT2D eigenvalue weighted by atomic mass is 10.1. The molecule has 0 aliphatic heterocycles. The second-order valence-electron chi connectivity index (χ2n) is 4.12. The van der Waals surface area contributed by atoms with Gasteiger partial charge >= 0.3 is 0 Å². The number of ether oxygens (including phenoxy) is 1. The molecule has 2 aromatic rings. The van der Waals surface area contributed by atoms with Gasteiger partial charge in [0.2, 0.25) is 0 Å². The number of carbonyl (C=O) groups is 1. The summed E-state index contributed by atoms with van der Waals surface area (Å²) in [5.41, 5.74) is 1.23. The molecule has 0 saturated heterocycles. The van der Waals surface area contributed by atoms with Gasteiger partial charge in [-0.15, -0.1) is 0 Å². The molecule has 0 aromatic heterocycles. The number of nitrogens with one attached hydrogen (secondary N) is 1. The Balaban J connectivity index is 2.20. The first kappa shape index (κ1) is 14.9. The number of methoxy groups -OCH3 is 1. The van der Waals surface area contributed by atoms with Crippen molar-refractivity contribution in [1.29, 1.82) is 0 Å². The highest BCUT2D eigenvalue weighted by Gasteiger charge is 2.20. The molecule has 0 spiro atoms. The minimum absolute atomic E-state index is 0.303. The molecule has 0 bridgehead atoms. The predicted octanol–water partition coefficient (Wildman–Crippen LogP) is 4.32. The molecular formula is C15H13Cl2NO2. The number of rotatable bonds is 4. The summed E-state index contributed by atoms with van der Waals surface area (Å²) in [5.74, 6) is -0.303. The summed E-state index contributed by atoms with van der Waals surface area (Å²) < 4.78 is 5.25. The number of halogens is 2. The molecule has 2 aromatic carbocycles. The molecule has 1 amide bonds. The Labute approximate surface area is 127 Å². The van der Waals surface area contributed by atoms with Crippen LogP contribution in [0.2, 0.25) is 10.0 Å². The minimum atomic E-state index is -0.703. The third-order valence-corrected chi connectivity index (χ3v) is 3.60. The van der Waals surface area contributed by atoms with Gasteiger partial charge in [0.1, 0.15) is 0 Å². The Morgan fingerprint density at radius 1 is 1.10 bits per heavy atom. The third-order valence-electron chi connectivity index (χ3n) is 2.79. The Morgan fingerprint density at radius 3 is 2.45 bits per heavy atom. The highest BCUT2D eigenvalue weighted by Crippen LogP contribution is 2.30. The fourth-order valence-electron chi connectivity index (χ4n) is 1.82. The number of hydrogen-bond donors (Lipinski definition) is 1. The molecular weight excluding hydrogens is 297 g/mol. The topological polar surface area (TPSA) is 38.3 Å². The van der Waals surface area contributed by atoms with E-state index >= 15 is 0 Å². The molecule has 0 fully saturated rings. The third kappa shape index (κ3) is 3.31. The van der Waals surface area contributed by atoms with Crippen molar-refractivity contribution in [3.05, 3.63) is 64.1 Å². The van der Waals surface area contributed by atoms with Crippen LogP contribution in [-0.4, -0.2) is 13.0 Å². The van der Waals surface area contributed by atoms with E-state index in [2.05, 4.69) is 5.32 Å². The SMILES string of the molecule is CO[C@H](C(=O)Nc1cccc(Cl)c1Cl)c1ccccc1. The maximum atomic E-state index is 12.3. The lowest BCUT2D eigenvalue weighted by molar-refractivity contribution is -0.126. The van der Waals surface area contributed by atoms with Crippen LogP contribution in [0.5, 0.6) is 0 Å². The molecule has 0 aliphatic carbocycles. The highest BCUT2D eigenvalue weighted by atomic mass is 35.5. The number of hydrogen-bond acceptors (Lipinski definition) is 2. The van der Waals surface area contributed by atoms with E-state index in [1.165, 1.54) is 7.11 Å². The van der Waals surface area contributed by atoms with E-state index in [0.29, 0.717) is 15.7 Å². The van der Waals surface area contributed by atoms with E-state index in [1.807, 2.05) is 30.3 Å².